The van der Waals surface area contributed by atoms with Gasteiger partial charge in [-0.25, -0.2) is 21.2 Å². The highest BCUT2D eigenvalue weighted by Crippen LogP contribution is 2.23. The maximum absolute atomic E-state index is 12.6. The Labute approximate surface area is 97.4 Å². The van der Waals surface area contributed by atoms with Gasteiger partial charge in [0, 0.05) is 6.20 Å². The average Bonchev–Trinajstić information content (AvgIpc) is 2.80. The summed E-state index contributed by atoms with van der Waals surface area (Å²) in [5, 5.41) is 0. The quantitative estimate of drug-likeness (QED) is 0.848. The Kier molecular flexibility index (Phi) is 2.97. The predicted molar refractivity (Wildman–Crippen MR) is 58.4 cm³/mol. The van der Waals surface area contributed by atoms with Crippen LogP contribution in [-0.2, 0) is 10.0 Å². The maximum Gasteiger partial charge on any atom is 0.279 e. The van der Waals surface area contributed by atoms with Crippen molar-refractivity contribution in [2.24, 2.45) is 0 Å². The number of hydrogen-bond donors (Lipinski definition) is 0. The Hall–Kier alpha value is -1.69. The highest BCUT2D eigenvalue weighted by molar-refractivity contribution is 7.90. The second kappa shape index (κ2) is 4.29. The molecule has 0 radical (unpaired) electrons. The Balaban J connectivity index is 2.57. The molecule has 1 aromatic carbocycles. The van der Waals surface area contributed by atoms with Crippen LogP contribution in [0.15, 0.2) is 53.6 Å². The molecule has 90 valence electrons. The lowest BCUT2D eigenvalue weighted by Gasteiger charge is -2.09. The lowest BCUT2D eigenvalue weighted by atomic mass is 10.4. The van der Waals surface area contributed by atoms with Gasteiger partial charge in [-0.1, -0.05) is 18.2 Å². The van der Waals surface area contributed by atoms with Crippen LogP contribution >= 0.6 is 0 Å². The molecule has 0 spiro atoms. The monoisotopic (exact) mass is 257 g/mol. The number of halogens is 2. The molecule has 0 aliphatic carbocycles. The normalized spacial score (nSPS) is 11.9. The molecule has 1 heterocycles. The third kappa shape index (κ3) is 2.08. The minimum atomic E-state index is -3.93. The Morgan fingerprint density at radius 3 is 2.24 bits per heavy atom. The van der Waals surface area contributed by atoms with Crippen LogP contribution in [0.1, 0.15) is 12.1 Å². The smallest absolute Gasteiger partial charge is 0.240 e. The van der Waals surface area contributed by atoms with Crippen molar-refractivity contribution in [3.8, 4) is 0 Å². The van der Waals surface area contributed by atoms with E-state index >= 15 is 0 Å². The minimum Gasteiger partial charge on any atom is -0.240 e. The van der Waals surface area contributed by atoms with E-state index in [9.17, 15) is 17.2 Å². The van der Waals surface area contributed by atoms with Crippen molar-refractivity contribution in [3.05, 3.63) is 54.4 Å². The van der Waals surface area contributed by atoms with Crippen molar-refractivity contribution in [1.82, 2.24) is 3.97 Å². The third-order valence-electron chi connectivity index (χ3n) is 2.27. The fraction of sp³-hybridized carbons (Fsp3) is 0.0909. The summed E-state index contributed by atoms with van der Waals surface area (Å²) in [7, 11) is -3.93. The van der Waals surface area contributed by atoms with E-state index in [2.05, 4.69) is 0 Å². The summed E-state index contributed by atoms with van der Waals surface area (Å²) in [6.07, 6.45) is -1.72. The molecule has 0 atom stereocenters. The molecule has 0 fully saturated rings. The van der Waals surface area contributed by atoms with E-state index < -0.39 is 22.1 Å². The van der Waals surface area contributed by atoms with Crippen molar-refractivity contribution in [2.75, 3.05) is 0 Å². The number of alkyl halides is 2. The first-order chi connectivity index (χ1) is 8.03. The molecular formula is C11H9F2NO2S. The maximum atomic E-state index is 12.6. The van der Waals surface area contributed by atoms with Crippen LogP contribution in [0, 0.1) is 0 Å². The fourth-order valence-corrected chi connectivity index (χ4v) is 2.85. The zero-order valence-corrected chi connectivity index (χ0v) is 9.44. The number of aromatic nitrogens is 1. The predicted octanol–water partition coefficient (Wildman–Crippen LogP) is 2.66. The Morgan fingerprint density at radius 2 is 1.65 bits per heavy atom. The molecule has 6 heteroatoms. The van der Waals surface area contributed by atoms with E-state index in [0.717, 1.165) is 12.3 Å². The molecule has 2 aromatic rings. The highest BCUT2D eigenvalue weighted by atomic mass is 32.2. The Morgan fingerprint density at radius 1 is 1.00 bits per heavy atom. The van der Waals surface area contributed by atoms with Gasteiger partial charge in [0.15, 0.2) is 0 Å². The van der Waals surface area contributed by atoms with Gasteiger partial charge in [-0.3, -0.25) is 0 Å². The molecule has 0 aliphatic heterocycles. The molecule has 0 N–H and O–H groups in total. The summed E-state index contributed by atoms with van der Waals surface area (Å²) in [5.74, 6) is 0. The van der Waals surface area contributed by atoms with Crippen molar-refractivity contribution in [2.45, 2.75) is 11.3 Å². The molecule has 0 amide bonds. The first-order valence-corrected chi connectivity index (χ1v) is 6.23. The summed E-state index contributed by atoms with van der Waals surface area (Å²) in [6.45, 7) is 0. The number of rotatable bonds is 3. The van der Waals surface area contributed by atoms with E-state index in [1.807, 2.05) is 0 Å². The fourth-order valence-electron chi connectivity index (χ4n) is 1.47. The van der Waals surface area contributed by atoms with Crippen molar-refractivity contribution >= 4 is 10.0 Å². The molecule has 0 aliphatic rings. The second-order valence-electron chi connectivity index (χ2n) is 3.35. The van der Waals surface area contributed by atoms with Gasteiger partial charge in [-0.05, 0) is 24.3 Å². The van der Waals surface area contributed by atoms with Gasteiger partial charge < -0.3 is 0 Å². The van der Waals surface area contributed by atoms with E-state index in [-0.39, 0.29) is 4.90 Å². The lowest BCUT2D eigenvalue weighted by Crippen LogP contribution is -2.14. The average molecular weight is 257 g/mol. The van der Waals surface area contributed by atoms with Crippen LogP contribution in [-0.4, -0.2) is 12.4 Å². The van der Waals surface area contributed by atoms with E-state index in [4.69, 9.17) is 0 Å². The van der Waals surface area contributed by atoms with Gasteiger partial charge in [-0.15, -0.1) is 0 Å². The van der Waals surface area contributed by atoms with E-state index in [0.29, 0.717) is 3.97 Å². The second-order valence-corrected chi connectivity index (χ2v) is 5.16. The SMILES string of the molecule is O=S(=O)(c1ccccc1)n1cccc1C(F)F. The van der Waals surface area contributed by atoms with Gasteiger partial charge >= 0.3 is 0 Å². The van der Waals surface area contributed by atoms with Crippen molar-refractivity contribution in [1.29, 1.82) is 0 Å². The molecule has 0 saturated heterocycles. The molecule has 1 aromatic heterocycles. The molecule has 17 heavy (non-hydrogen) atoms. The molecule has 3 nitrogen and oxygen atoms in total. The van der Waals surface area contributed by atoms with Crippen LogP contribution in [0.4, 0.5) is 8.78 Å². The van der Waals surface area contributed by atoms with Gasteiger partial charge in [0.05, 0.1) is 4.90 Å². The summed E-state index contributed by atoms with van der Waals surface area (Å²) in [4.78, 5) is -0.0156. The van der Waals surface area contributed by atoms with Crippen LogP contribution in [0.5, 0.6) is 0 Å². The van der Waals surface area contributed by atoms with Gasteiger partial charge in [0.25, 0.3) is 16.4 Å². The molecule has 2 rings (SSSR count). The topological polar surface area (TPSA) is 39.1 Å². The van der Waals surface area contributed by atoms with Crippen LogP contribution < -0.4 is 0 Å². The summed E-state index contributed by atoms with van der Waals surface area (Å²) in [5.41, 5.74) is -0.533. The zero-order chi connectivity index (χ0) is 12.5. The van der Waals surface area contributed by atoms with Crippen LogP contribution in [0.25, 0.3) is 0 Å². The van der Waals surface area contributed by atoms with Crippen LogP contribution in [0.3, 0.4) is 0 Å². The van der Waals surface area contributed by atoms with E-state index in [1.165, 1.54) is 18.2 Å². The molecule has 0 bridgehead atoms. The molecular weight excluding hydrogens is 248 g/mol. The van der Waals surface area contributed by atoms with Gasteiger partial charge in [0.1, 0.15) is 5.69 Å². The lowest BCUT2D eigenvalue weighted by molar-refractivity contribution is 0.145. The van der Waals surface area contributed by atoms with Crippen molar-refractivity contribution in [3.63, 3.8) is 0 Å². The first-order valence-electron chi connectivity index (χ1n) is 4.79. The summed E-state index contributed by atoms with van der Waals surface area (Å²) < 4.78 is 49.9. The molecule has 0 unspecified atom stereocenters. The van der Waals surface area contributed by atoms with Crippen LogP contribution in [0.2, 0.25) is 0 Å². The summed E-state index contributed by atoms with van der Waals surface area (Å²) in [6, 6.07) is 9.84. The first kappa shape index (κ1) is 11.8. The third-order valence-corrected chi connectivity index (χ3v) is 3.98. The minimum absolute atomic E-state index is 0.0156. The number of hydrogen-bond acceptors (Lipinski definition) is 2. The number of nitrogens with zero attached hydrogens (tertiary/aromatic N) is 1. The largest absolute Gasteiger partial charge is 0.279 e. The number of benzene rings is 1. The Bertz CT molecular complexity index is 605. The van der Waals surface area contributed by atoms with Crippen molar-refractivity contribution < 1.29 is 17.2 Å². The van der Waals surface area contributed by atoms with Gasteiger partial charge in [0.2, 0.25) is 0 Å². The summed E-state index contributed by atoms with van der Waals surface area (Å²) >= 11 is 0. The molecule has 0 saturated carbocycles. The highest BCUT2D eigenvalue weighted by Gasteiger charge is 2.22. The van der Waals surface area contributed by atoms with Gasteiger partial charge in [-0.2, -0.15) is 0 Å². The zero-order valence-electron chi connectivity index (χ0n) is 8.62. The van der Waals surface area contributed by atoms with E-state index in [1.54, 1.807) is 18.2 Å². The standard InChI is InChI=1S/C11H9F2NO2S/c12-11(13)10-7-4-8-14(10)17(15,16)9-5-2-1-3-6-9/h1-8,11H.